The monoisotopic (exact) mass is 413 g/mol. The Labute approximate surface area is 161 Å². The van der Waals surface area contributed by atoms with E-state index in [9.17, 15) is 4.79 Å². The second-order valence-corrected chi connectivity index (χ2v) is 6.80. The van der Waals surface area contributed by atoms with Crippen LogP contribution in [0.25, 0.3) is 5.69 Å². The Hall–Kier alpha value is -2.60. The minimum atomic E-state index is -0.0212. The second-order valence-electron chi connectivity index (χ2n) is 5.89. The smallest absolute Gasteiger partial charge is 0.253 e. The Bertz CT molecular complexity index is 873. The molecular weight excluding hydrogens is 394 g/mol. The number of ether oxygens (including phenoxy) is 1. The normalized spacial score (nSPS) is 10.6. The topological polar surface area (TPSA) is 47.4 Å². The summed E-state index contributed by atoms with van der Waals surface area (Å²) in [6, 6.07) is 15.2. The lowest BCUT2D eigenvalue weighted by molar-refractivity contribution is 0.0785. The molecule has 3 aromatic rings. The average Bonchev–Trinajstić information content (AvgIpc) is 3.09. The molecular formula is C20H20BrN3O2. The lowest BCUT2D eigenvalue weighted by Gasteiger charge is -2.18. The maximum absolute atomic E-state index is 12.6. The van der Waals surface area contributed by atoms with Crippen molar-refractivity contribution in [3.63, 3.8) is 0 Å². The van der Waals surface area contributed by atoms with Gasteiger partial charge in [-0.2, -0.15) is 5.10 Å². The number of amides is 1. The van der Waals surface area contributed by atoms with Gasteiger partial charge in [0.05, 0.1) is 23.0 Å². The molecule has 134 valence electrons. The van der Waals surface area contributed by atoms with E-state index < -0.39 is 0 Å². The van der Waals surface area contributed by atoms with Gasteiger partial charge >= 0.3 is 0 Å². The third-order valence-corrected chi connectivity index (χ3v) is 4.34. The molecule has 0 bridgehead atoms. The fraction of sp³-hybridized carbons (Fsp3) is 0.200. The zero-order chi connectivity index (χ0) is 18.5. The third-order valence-electron chi connectivity index (χ3n) is 3.93. The van der Waals surface area contributed by atoms with E-state index in [4.69, 9.17) is 4.74 Å². The summed E-state index contributed by atoms with van der Waals surface area (Å²) in [5.74, 6) is 0.818. The Balaban J connectivity index is 1.66. The molecule has 26 heavy (non-hydrogen) atoms. The van der Waals surface area contributed by atoms with E-state index in [1.807, 2.05) is 61.7 Å². The predicted molar refractivity (Wildman–Crippen MR) is 105 cm³/mol. The van der Waals surface area contributed by atoms with Gasteiger partial charge < -0.3 is 9.64 Å². The van der Waals surface area contributed by atoms with Crippen LogP contribution < -0.4 is 4.74 Å². The highest BCUT2D eigenvalue weighted by molar-refractivity contribution is 9.10. The molecule has 1 heterocycles. The minimum absolute atomic E-state index is 0.0212. The fourth-order valence-corrected chi connectivity index (χ4v) is 2.91. The molecule has 0 aliphatic heterocycles. The molecule has 0 aliphatic carbocycles. The second kappa shape index (κ2) is 8.19. The summed E-state index contributed by atoms with van der Waals surface area (Å²) < 4.78 is 8.10. The zero-order valence-corrected chi connectivity index (χ0v) is 16.3. The summed E-state index contributed by atoms with van der Waals surface area (Å²) in [6.07, 6.45) is 3.60. The van der Waals surface area contributed by atoms with Crippen molar-refractivity contribution in [2.45, 2.75) is 13.5 Å². The maximum Gasteiger partial charge on any atom is 0.253 e. The van der Waals surface area contributed by atoms with Gasteiger partial charge in [0.15, 0.2) is 0 Å². The highest BCUT2D eigenvalue weighted by Gasteiger charge is 2.12. The lowest BCUT2D eigenvalue weighted by Crippen LogP contribution is -2.26. The molecule has 0 unspecified atom stereocenters. The SMILES string of the molecule is CCOc1ccc(CN(C)C(=O)c2ccc(-n3cc(Br)cn3)cc2)cc1. The number of carbonyl (C=O) groups excluding carboxylic acids is 1. The van der Waals surface area contributed by atoms with Crippen molar-refractivity contribution in [1.29, 1.82) is 0 Å². The van der Waals surface area contributed by atoms with Crippen LogP contribution in [0.2, 0.25) is 0 Å². The van der Waals surface area contributed by atoms with Gasteiger partial charge in [-0.15, -0.1) is 0 Å². The number of benzene rings is 2. The van der Waals surface area contributed by atoms with Crippen LogP contribution in [0.15, 0.2) is 65.4 Å². The standard InChI is InChI=1S/C20H20BrN3O2/c1-3-26-19-10-4-15(5-11-19)13-23(2)20(25)16-6-8-18(9-7-16)24-14-17(21)12-22-24/h4-12,14H,3,13H2,1-2H3. The number of hydrogen-bond donors (Lipinski definition) is 0. The van der Waals surface area contributed by atoms with Gasteiger partial charge in [0.2, 0.25) is 0 Å². The van der Waals surface area contributed by atoms with E-state index in [1.165, 1.54) is 0 Å². The van der Waals surface area contributed by atoms with Crippen molar-refractivity contribution in [3.8, 4) is 11.4 Å². The number of carbonyl (C=O) groups is 1. The molecule has 1 amide bonds. The first-order valence-corrected chi connectivity index (χ1v) is 9.14. The fourth-order valence-electron chi connectivity index (χ4n) is 2.62. The summed E-state index contributed by atoms with van der Waals surface area (Å²) in [7, 11) is 1.80. The quantitative estimate of drug-likeness (QED) is 0.604. The Kier molecular flexibility index (Phi) is 5.73. The van der Waals surface area contributed by atoms with Crippen molar-refractivity contribution in [1.82, 2.24) is 14.7 Å². The van der Waals surface area contributed by atoms with Crippen molar-refractivity contribution < 1.29 is 9.53 Å². The van der Waals surface area contributed by atoms with Crippen LogP contribution in [0.1, 0.15) is 22.8 Å². The highest BCUT2D eigenvalue weighted by atomic mass is 79.9. The maximum atomic E-state index is 12.6. The van der Waals surface area contributed by atoms with E-state index in [2.05, 4.69) is 21.0 Å². The van der Waals surface area contributed by atoms with Crippen LogP contribution in [-0.4, -0.2) is 34.2 Å². The first-order valence-electron chi connectivity index (χ1n) is 8.34. The molecule has 0 saturated heterocycles. The molecule has 0 N–H and O–H groups in total. The number of nitrogens with zero attached hydrogens (tertiary/aromatic N) is 3. The molecule has 0 spiro atoms. The lowest BCUT2D eigenvalue weighted by atomic mass is 10.1. The van der Waals surface area contributed by atoms with Crippen molar-refractivity contribution >= 4 is 21.8 Å². The predicted octanol–water partition coefficient (Wildman–Crippen LogP) is 4.31. The number of halogens is 1. The van der Waals surface area contributed by atoms with Gasteiger partial charge in [0.1, 0.15) is 5.75 Å². The number of aromatic nitrogens is 2. The first kappa shape index (κ1) is 18.2. The molecule has 0 saturated carbocycles. The Morgan fingerprint density at radius 2 is 1.85 bits per heavy atom. The molecule has 0 radical (unpaired) electrons. The van der Waals surface area contributed by atoms with Crippen LogP contribution in [0.3, 0.4) is 0 Å². The van der Waals surface area contributed by atoms with Crippen LogP contribution in [0.4, 0.5) is 0 Å². The Morgan fingerprint density at radius 1 is 1.15 bits per heavy atom. The Morgan fingerprint density at radius 3 is 2.42 bits per heavy atom. The molecule has 3 rings (SSSR count). The van der Waals surface area contributed by atoms with E-state index >= 15 is 0 Å². The van der Waals surface area contributed by atoms with E-state index in [-0.39, 0.29) is 5.91 Å². The molecule has 0 fully saturated rings. The van der Waals surface area contributed by atoms with Crippen molar-refractivity contribution in [2.24, 2.45) is 0 Å². The van der Waals surface area contributed by atoms with Gasteiger partial charge in [-0.05, 0) is 64.8 Å². The minimum Gasteiger partial charge on any atom is -0.494 e. The van der Waals surface area contributed by atoms with Gasteiger partial charge in [0.25, 0.3) is 5.91 Å². The van der Waals surface area contributed by atoms with E-state index in [0.717, 1.165) is 21.5 Å². The molecule has 5 nitrogen and oxygen atoms in total. The summed E-state index contributed by atoms with van der Waals surface area (Å²) >= 11 is 3.38. The highest BCUT2D eigenvalue weighted by Crippen LogP contribution is 2.16. The molecule has 6 heteroatoms. The van der Waals surface area contributed by atoms with E-state index in [0.29, 0.717) is 18.7 Å². The van der Waals surface area contributed by atoms with Gasteiger partial charge in [-0.1, -0.05) is 12.1 Å². The van der Waals surface area contributed by atoms with Crippen LogP contribution >= 0.6 is 15.9 Å². The summed E-state index contributed by atoms with van der Waals surface area (Å²) in [6.45, 7) is 3.14. The van der Waals surface area contributed by atoms with Gasteiger partial charge in [-0.25, -0.2) is 4.68 Å². The summed E-state index contributed by atoms with van der Waals surface area (Å²) in [5, 5.41) is 4.24. The van der Waals surface area contributed by atoms with E-state index in [1.54, 1.807) is 22.8 Å². The third kappa shape index (κ3) is 4.32. The van der Waals surface area contributed by atoms with Crippen LogP contribution in [0.5, 0.6) is 5.75 Å². The summed E-state index contributed by atoms with van der Waals surface area (Å²) in [5.41, 5.74) is 2.61. The van der Waals surface area contributed by atoms with Crippen molar-refractivity contribution in [2.75, 3.05) is 13.7 Å². The molecule has 0 atom stereocenters. The average molecular weight is 414 g/mol. The summed E-state index contributed by atoms with van der Waals surface area (Å²) in [4.78, 5) is 14.3. The van der Waals surface area contributed by atoms with Gasteiger partial charge in [0, 0.05) is 25.4 Å². The number of rotatable bonds is 6. The van der Waals surface area contributed by atoms with Crippen LogP contribution in [-0.2, 0) is 6.54 Å². The zero-order valence-electron chi connectivity index (χ0n) is 14.7. The first-order chi connectivity index (χ1) is 12.6. The number of hydrogen-bond acceptors (Lipinski definition) is 3. The van der Waals surface area contributed by atoms with Crippen molar-refractivity contribution in [3.05, 3.63) is 76.5 Å². The van der Waals surface area contributed by atoms with Gasteiger partial charge in [-0.3, -0.25) is 4.79 Å². The molecule has 0 aliphatic rings. The largest absolute Gasteiger partial charge is 0.494 e. The van der Waals surface area contributed by atoms with Crippen LogP contribution in [0, 0.1) is 0 Å². The molecule has 2 aromatic carbocycles. The molecule has 1 aromatic heterocycles.